The molecular weight excluding hydrogens is 232 g/mol. The Balaban J connectivity index is 2.15. The van der Waals surface area contributed by atoms with Gasteiger partial charge in [-0.2, -0.15) is 4.98 Å². The Kier molecular flexibility index (Phi) is 2.33. The maximum Gasteiger partial charge on any atom is 0.323 e. The van der Waals surface area contributed by atoms with Gasteiger partial charge in [0.1, 0.15) is 0 Å². The van der Waals surface area contributed by atoms with Crippen molar-refractivity contribution in [1.29, 1.82) is 0 Å². The van der Waals surface area contributed by atoms with Crippen molar-refractivity contribution in [3.63, 3.8) is 0 Å². The lowest BCUT2D eigenvalue weighted by molar-refractivity contribution is 0.380. The van der Waals surface area contributed by atoms with Crippen LogP contribution in [0.4, 0.5) is 0 Å². The summed E-state index contributed by atoms with van der Waals surface area (Å²) in [7, 11) is 1.52. The van der Waals surface area contributed by atoms with E-state index in [0.29, 0.717) is 6.01 Å². The quantitative estimate of drug-likeness (QED) is 0.709. The van der Waals surface area contributed by atoms with Gasteiger partial charge in [0.15, 0.2) is 0 Å². The highest BCUT2D eigenvalue weighted by Gasteiger charge is 2.05. The number of methoxy groups -OCH3 is 1. The number of nitrogens with one attached hydrogen (secondary N) is 2. The van der Waals surface area contributed by atoms with Crippen molar-refractivity contribution in [2.24, 2.45) is 0 Å². The maximum atomic E-state index is 11.2. The van der Waals surface area contributed by atoms with Crippen LogP contribution in [0.15, 0.2) is 35.3 Å². The number of aromatic nitrogens is 4. The predicted octanol–water partition coefficient (Wildman–Crippen LogP) is 1.32. The Morgan fingerprint density at radius 2 is 2.00 bits per heavy atom. The van der Waals surface area contributed by atoms with Gasteiger partial charge in [0, 0.05) is 11.8 Å². The van der Waals surface area contributed by atoms with Gasteiger partial charge < -0.3 is 14.7 Å². The van der Waals surface area contributed by atoms with Crippen LogP contribution in [-0.4, -0.2) is 27.0 Å². The zero-order valence-corrected chi connectivity index (χ0v) is 9.60. The molecule has 90 valence electrons. The Hall–Kier alpha value is -2.63. The minimum Gasteiger partial charge on any atom is -0.467 e. The molecule has 3 rings (SSSR count). The first kappa shape index (κ1) is 10.5. The first-order valence-corrected chi connectivity index (χ1v) is 5.36. The fraction of sp³-hybridized carbons (Fsp3) is 0.0833. The molecule has 3 aromatic rings. The number of hydrogen-bond acceptors (Lipinski definition) is 4. The van der Waals surface area contributed by atoms with Crippen molar-refractivity contribution < 1.29 is 4.74 Å². The number of rotatable bonds is 2. The summed E-state index contributed by atoms with van der Waals surface area (Å²) >= 11 is 0. The van der Waals surface area contributed by atoms with Crippen LogP contribution in [0.25, 0.3) is 22.3 Å². The molecule has 18 heavy (non-hydrogen) atoms. The summed E-state index contributed by atoms with van der Waals surface area (Å²) < 4.78 is 4.98. The van der Waals surface area contributed by atoms with E-state index < -0.39 is 0 Å². The number of ether oxygens (including phenoxy) is 1. The molecule has 0 spiro atoms. The van der Waals surface area contributed by atoms with Gasteiger partial charge in [0.05, 0.1) is 23.8 Å². The lowest BCUT2D eigenvalue weighted by atomic mass is 10.1. The maximum absolute atomic E-state index is 11.2. The highest BCUT2D eigenvalue weighted by Crippen LogP contribution is 2.21. The molecular formula is C12H10N4O2. The second-order valence-electron chi connectivity index (χ2n) is 3.77. The van der Waals surface area contributed by atoms with Gasteiger partial charge >= 0.3 is 11.7 Å². The third-order valence-electron chi connectivity index (χ3n) is 2.63. The number of hydrogen-bond donors (Lipinski definition) is 2. The molecule has 6 heteroatoms. The molecule has 0 unspecified atom stereocenters. The van der Waals surface area contributed by atoms with Crippen LogP contribution in [0.5, 0.6) is 6.01 Å². The molecule has 0 radical (unpaired) electrons. The van der Waals surface area contributed by atoms with E-state index in [4.69, 9.17) is 4.74 Å². The highest BCUT2D eigenvalue weighted by molar-refractivity contribution is 5.80. The molecule has 2 aromatic heterocycles. The molecule has 0 saturated carbocycles. The average Bonchev–Trinajstić information content (AvgIpc) is 2.77. The van der Waals surface area contributed by atoms with E-state index in [9.17, 15) is 4.79 Å². The third kappa shape index (κ3) is 1.73. The van der Waals surface area contributed by atoms with Gasteiger partial charge in [-0.25, -0.2) is 9.78 Å². The zero-order valence-electron chi connectivity index (χ0n) is 9.60. The molecule has 0 aliphatic rings. The topological polar surface area (TPSA) is 83.7 Å². The van der Waals surface area contributed by atoms with E-state index in [1.54, 1.807) is 12.3 Å². The van der Waals surface area contributed by atoms with Gasteiger partial charge in [-0.05, 0) is 18.2 Å². The largest absolute Gasteiger partial charge is 0.467 e. The normalized spacial score (nSPS) is 10.7. The molecule has 6 nitrogen and oxygen atoms in total. The van der Waals surface area contributed by atoms with Gasteiger partial charge in [-0.1, -0.05) is 6.07 Å². The van der Waals surface area contributed by atoms with Crippen LogP contribution in [0.2, 0.25) is 0 Å². The van der Waals surface area contributed by atoms with E-state index in [-0.39, 0.29) is 5.69 Å². The van der Waals surface area contributed by atoms with E-state index in [1.807, 2.05) is 18.2 Å². The first-order valence-electron chi connectivity index (χ1n) is 5.36. The Bertz CT molecular complexity index is 760. The third-order valence-corrected chi connectivity index (χ3v) is 2.63. The van der Waals surface area contributed by atoms with Crippen molar-refractivity contribution in [3.05, 3.63) is 40.9 Å². The van der Waals surface area contributed by atoms with Gasteiger partial charge in [0.2, 0.25) is 0 Å². The molecule has 2 heterocycles. The van der Waals surface area contributed by atoms with Gasteiger partial charge in [0.25, 0.3) is 0 Å². The summed E-state index contributed by atoms with van der Waals surface area (Å²) in [6.45, 7) is 0. The van der Waals surface area contributed by atoms with Crippen LogP contribution in [0, 0.1) is 0 Å². The summed E-state index contributed by atoms with van der Waals surface area (Å²) in [5, 5.41) is 0. The number of imidazole rings is 1. The van der Waals surface area contributed by atoms with Gasteiger partial charge in [-0.15, -0.1) is 0 Å². The van der Waals surface area contributed by atoms with Crippen molar-refractivity contribution >= 4 is 11.0 Å². The minimum absolute atomic E-state index is 0.220. The predicted molar refractivity (Wildman–Crippen MR) is 66.5 cm³/mol. The van der Waals surface area contributed by atoms with Crippen LogP contribution in [0.3, 0.4) is 0 Å². The summed E-state index contributed by atoms with van der Waals surface area (Å²) in [5.41, 5.74) is 2.92. The van der Waals surface area contributed by atoms with Crippen molar-refractivity contribution in [2.45, 2.75) is 0 Å². The van der Waals surface area contributed by atoms with Gasteiger partial charge in [-0.3, -0.25) is 0 Å². The van der Waals surface area contributed by atoms with Crippen LogP contribution >= 0.6 is 0 Å². The Morgan fingerprint density at radius 1 is 1.17 bits per heavy atom. The number of nitrogens with zero attached hydrogens (tertiary/aromatic N) is 2. The van der Waals surface area contributed by atoms with E-state index in [0.717, 1.165) is 22.3 Å². The lowest BCUT2D eigenvalue weighted by Gasteiger charge is -2.02. The standard InChI is InChI=1S/C12H10N4O2/c1-18-12-13-5-4-8(16-12)7-2-3-9-10(6-7)15-11(17)14-9/h2-6H,1H3,(H2,14,15,17). The fourth-order valence-electron chi connectivity index (χ4n) is 1.79. The molecule has 2 N–H and O–H groups in total. The number of fused-ring (bicyclic) bond motifs is 1. The molecule has 0 bridgehead atoms. The molecule has 0 saturated heterocycles. The fourth-order valence-corrected chi connectivity index (χ4v) is 1.79. The number of aromatic amines is 2. The summed E-state index contributed by atoms with van der Waals surface area (Å²) in [6.07, 6.45) is 1.63. The van der Waals surface area contributed by atoms with Crippen LogP contribution in [0.1, 0.15) is 0 Å². The van der Waals surface area contributed by atoms with Crippen molar-refractivity contribution in [2.75, 3.05) is 7.11 Å². The van der Waals surface area contributed by atoms with E-state index >= 15 is 0 Å². The number of benzene rings is 1. The van der Waals surface area contributed by atoms with E-state index in [2.05, 4.69) is 19.9 Å². The highest BCUT2D eigenvalue weighted by atomic mass is 16.5. The zero-order chi connectivity index (χ0) is 12.5. The Labute approximate surface area is 102 Å². The smallest absolute Gasteiger partial charge is 0.323 e. The Morgan fingerprint density at radius 3 is 2.83 bits per heavy atom. The summed E-state index contributed by atoms with van der Waals surface area (Å²) in [5.74, 6) is 0. The molecule has 1 aromatic carbocycles. The number of H-pyrrole nitrogens is 2. The van der Waals surface area contributed by atoms with Crippen LogP contribution in [-0.2, 0) is 0 Å². The molecule has 0 aliphatic heterocycles. The minimum atomic E-state index is -0.220. The lowest BCUT2D eigenvalue weighted by Crippen LogP contribution is -1.99. The molecule has 0 aliphatic carbocycles. The second-order valence-corrected chi connectivity index (χ2v) is 3.77. The average molecular weight is 242 g/mol. The second kappa shape index (κ2) is 3.99. The first-order chi connectivity index (χ1) is 8.76. The molecule has 0 amide bonds. The van der Waals surface area contributed by atoms with E-state index in [1.165, 1.54) is 7.11 Å². The SMILES string of the molecule is COc1nccc(-c2ccc3[nH]c(=O)[nH]c3c2)n1. The molecule has 0 fully saturated rings. The molecule has 0 atom stereocenters. The van der Waals surface area contributed by atoms with Crippen molar-refractivity contribution in [3.8, 4) is 17.3 Å². The monoisotopic (exact) mass is 242 g/mol. The van der Waals surface area contributed by atoms with Crippen molar-refractivity contribution in [1.82, 2.24) is 19.9 Å². The van der Waals surface area contributed by atoms with Crippen LogP contribution < -0.4 is 10.4 Å². The summed E-state index contributed by atoms with van der Waals surface area (Å²) in [4.78, 5) is 24.8. The summed E-state index contributed by atoms with van der Waals surface area (Å²) in [6, 6.07) is 7.67.